The maximum Gasteiger partial charge on any atom is 0.234 e. The van der Waals surface area contributed by atoms with Gasteiger partial charge in [0.15, 0.2) is 0 Å². The number of nitrogens with one attached hydrogen (secondary N) is 2. The van der Waals surface area contributed by atoms with Gasteiger partial charge in [-0.15, -0.1) is 5.10 Å². The Kier molecular flexibility index (Phi) is 4.24. The number of hydrogen-bond donors (Lipinski definition) is 3. The summed E-state index contributed by atoms with van der Waals surface area (Å²) in [5.74, 6) is 1.05. The van der Waals surface area contributed by atoms with Crippen LogP contribution in [0.2, 0.25) is 0 Å². The predicted octanol–water partition coefficient (Wildman–Crippen LogP) is 1.13. The van der Waals surface area contributed by atoms with Crippen LogP contribution in [0.3, 0.4) is 0 Å². The molecule has 2 aromatic rings. The number of aromatic amines is 1. The van der Waals surface area contributed by atoms with Crippen LogP contribution < -0.4 is 15.8 Å². The van der Waals surface area contributed by atoms with Crippen molar-refractivity contribution in [2.24, 2.45) is 0 Å². The molecule has 0 saturated heterocycles. The third-order valence-corrected chi connectivity index (χ3v) is 3.04. The third kappa shape index (κ3) is 3.88. The van der Waals surface area contributed by atoms with Gasteiger partial charge in [-0.2, -0.15) is 4.98 Å². The molecule has 0 atom stereocenters. The van der Waals surface area contributed by atoms with Crippen molar-refractivity contribution in [3.63, 3.8) is 0 Å². The van der Waals surface area contributed by atoms with Crippen LogP contribution in [0, 0.1) is 0 Å². The molecule has 0 saturated carbocycles. The van der Waals surface area contributed by atoms with E-state index in [0.29, 0.717) is 10.8 Å². The molecule has 1 aromatic carbocycles. The molecule has 0 aliphatic carbocycles. The van der Waals surface area contributed by atoms with Gasteiger partial charge in [0.2, 0.25) is 17.0 Å². The van der Waals surface area contributed by atoms with Gasteiger partial charge in [0, 0.05) is 5.69 Å². The van der Waals surface area contributed by atoms with Crippen LogP contribution in [0.1, 0.15) is 0 Å². The molecular formula is C11H13N5O2S. The first-order valence-corrected chi connectivity index (χ1v) is 6.40. The second-order valence-corrected chi connectivity index (χ2v) is 4.51. The minimum absolute atomic E-state index is 0.140. The molecule has 100 valence electrons. The Morgan fingerprint density at radius 1 is 1.47 bits per heavy atom. The first kappa shape index (κ1) is 13.2. The Bertz CT molecular complexity index is 554. The van der Waals surface area contributed by atoms with E-state index >= 15 is 0 Å². The van der Waals surface area contributed by atoms with Crippen molar-refractivity contribution < 1.29 is 9.53 Å². The summed E-state index contributed by atoms with van der Waals surface area (Å²) < 4.78 is 5.03. The predicted molar refractivity (Wildman–Crippen MR) is 73.1 cm³/mol. The molecule has 1 aromatic heterocycles. The average Bonchev–Trinajstić information content (AvgIpc) is 2.83. The number of carbonyl (C=O) groups excluding carboxylic acids is 1. The molecule has 1 amide bonds. The summed E-state index contributed by atoms with van der Waals surface area (Å²) in [6.45, 7) is 0. The molecule has 0 radical (unpaired) electrons. The third-order valence-electron chi connectivity index (χ3n) is 2.19. The van der Waals surface area contributed by atoms with E-state index in [2.05, 4.69) is 20.5 Å². The number of thioether (sulfide) groups is 1. The molecule has 4 N–H and O–H groups in total. The van der Waals surface area contributed by atoms with Crippen LogP contribution in [-0.2, 0) is 4.79 Å². The van der Waals surface area contributed by atoms with Gasteiger partial charge >= 0.3 is 0 Å². The number of benzene rings is 1. The van der Waals surface area contributed by atoms with E-state index in [1.165, 1.54) is 11.8 Å². The molecule has 0 aliphatic heterocycles. The van der Waals surface area contributed by atoms with E-state index < -0.39 is 0 Å². The molecule has 0 unspecified atom stereocenters. The Morgan fingerprint density at radius 2 is 2.21 bits per heavy atom. The molecule has 19 heavy (non-hydrogen) atoms. The number of carbonyl (C=O) groups is 1. The lowest BCUT2D eigenvalue weighted by atomic mass is 10.3. The van der Waals surface area contributed by atoms with E-state index in [9.17, 15) is 4.79 Å². The number of H-pyrrole nitrogens is 1. The maximum atomic E-state index is 11.7. The van der Waals surface area contributed by atoms with Crippen LogP contribution in [0.15, 0.2) is 29.4 Å². The van der Waals surface area contributed by atoms with Crippen molar-refractivity contribution in [2.75, 3.05) is 23.9 Å². The first-order chi connectivity index (χ1) is 9.17. The number of nitrogens with two attached hydrogens (primary N) is 1. The molecule has 0 aliphatic rings. The maximum absolute atomic E-state index is 11.7. The lowest BCUT2D eigenvalue weighted by molar-refractivity contribution is -0.113. The minimum Gasteiger partial charge on any atom is -0.497 e. The standard InChI is InChI=1S/C11H13N5O2S/c1-18-8-4-2-7(3-5-8)13-9(17)6-19-11-14-10(12)15-16-11/h2-5H,6H2,1H3,(H,13,17)(H3,12,14,15,16). The summed E-state index contributed by atoms with van der Waals surface area (Å²) in [6, 6.07) is 7.09. The Balaban J connectivity index is 1.83. The monoisotopic (exact) mass is 279 g/mol. The van der Waals surface area contributed by atoms with Gasteiger partial charge in [-0.1, -0.05) is 11.8 Å². The number of aromatic nitrogens is 3. The van der Waals surface area contributed by atoms with E-state index in [1.807, 2.05) is 0 Å². The van der Waals surface area contributed by atoms with Gasteiger partial charge in [0.05, 0.1) is 12.9 Å². The molecule has 0 bridgehead atoms. The van der Waals surface area contributed by atoms with Crippen LogP contribution >= 0.6 is 11.8 Å². The van der Waals surface area contributed by atoms with Gasteiger partial charge in [-0.05, 0) is 24.3 Å². The Morgan fingerprint density at radius 3 is 2.79 bits per heavy atom. The highest BCUT2D eigenvalue weighted by Crippen LogP contribution is 2.16. The zero-order chi connectivity index (χ0) is 13.7. The van der Waals surface area contributed by atoms with Crippen molar-refractivity contribution in [3.8, 4) is 5.75 Å². The summed E-state index contributed by atoms with van der Waals surface area (Å²) in [6.07, 6.45) is 0. The highest BCUT2D eigenvalue weighted by molar-refractivity contribution is 7.99. The second-order valence-electron chi connectivity index (χ2n) is 3.57. The normalized spacial score (nSPS) is 10.2. The van der Waals surface area contributed by atoms with Crippen LogP contribution in [0.4, 0.5) is 11.6 Å². The summed E-state index contributed by atoms with van der Waals surface area (Å²) in [4.78, 5) is 15.6. The number of nitrogens with zero attached hydrogens (tertiary/aromatic N) is 2. The SMILES string of the molecule is COc1ccc(NC(=O)CSc2n[nH]c(N)n2)cc1. The molecule has 0 fully saturated rings. The highest BCUT2D eigenvalue weighted by atomic mass is 32.2. The Labute approximate surface area is 113 Å². The molecule has 7 nitrogen and oxygen atoms in total. The number of methoxy groups -OCH3 is 1. The number of ether oxygens (including phenoxy) is 1. The van der Waals surface area contributed by atoms with Crippen molar-refractivity contribution in [1.82, 2.24) is 15.2 Å². The quantitative estimate of drug-likeness (QED) is 0.708. The number of amides is 1. The fraction of sp³-hybridized carbons (Fsp3) is 0.182. The van der Waals surface area contributed by atoms with Crippen molar-refractivity contribution >= 4 is 29.3 Å². The smallest absolute Gasteiger partial charge is 0.234 e. The number of nitrogen functional groups attached to an aromatic ring is 1. The first-order valence-electron chi connectivity index (χ1n) is 5.42. The van der Waals surface area contributed by atoms with Crippen LogP contribution in [0.5, 0.6) is 5.75 Å². The van der Waals surface area contributed by atoms with Gasteiger partial charge < -0.3 is 15.8 Å². The van der Waals surface area contributed by atoms with Crippen LogP contribution in [-0.4, -0.2) is 34.0 Å². The molecule has 8 heteroatoms. The van der Waals surface area contributed by atoms with E-state index in [-0.39, 0.29) is 17.6 Å². The van der Waals surface area contributed by atoms with E-state index in [4.69, 9.17) is 10.5 Å². The highest BCUT2D eigenvalue weighted by Gasteiger charge is 2.07. The summed E-state index contributed by atoms with van der Waals surface area (Å²) in [5.41, 5.74) is 6.09. The van der Waals surface area contributed by atoms with Crippen molar-refractivity contribution in [1.29, 1.82) is 0 Å². The molecule has 2 rings (SSSR count). The number of anilines is 2. The number of hydrogen-bond acceptors (Lipinski definition) is 6. The van der Waals surface area contributed by atoms with Crippen molar-refractivity contribution in [2.45, 2.75) is 5.16 Å². The van der Waals surface area contributed by atoms with Gasteiger partial charge in [0.1, 0.15) is 5.75 Å². The van der Waals surface area contributed by atoms with E-state index in [1.54, 1.807) is 31.4 Å². The van der Waals surface area contributed by atoms with Crippen LogP contribution in [0.25, 0.3) is 0 Å². The van der Waals surface area contributed by atoms with Gasteiger partial charge in [-0.25, -0.2) is 5.10 Å². The second kappa shape index (κ2) is 6.10. The number of rotatable bonds is 5. The fourth-order valence-electron chi connectivity index (χ4n) is 1.32. The minimum atomic E-state index is -0.140. The van der Waals surface area contributed by atoms with Gasteiger partial charge in [0.25, 0.3) is 0 Å². The summed E-state index contributed by atoms with van der Waals surface area (Å²) in [5, 5.41) is 9.53. The summed E-state index contributed by atoms with van der Waals surface area (Å²) >= 11 is 1.21. The molecule has 1 heterocycles. The lowest BCUT2D eigenvalue weighted by Gasteiger charge is -2.05. The van der Waals surface area contributed by atoms with Gasteiger partial charge in [-0.3, -0.25) is 4.79 Å². The van der Waals surface area contributed by atoms with E-state index in [0.717, 1.165) is 5.75 Å². The Hall–Kier alpha value is -2.22. The summed E-state index contributed by atoms with van der Waals surface area (Å²) in [7, 11) is 1.59. The molecular weight excluding hydrogens is 266 g/mol. The topological polar surface area (TPSA) is 106 Å². The van der Waals surface area contributed by atoms with Crippen molar-refractivity contribution in [3.05, 3.63) is 24.3 Å². The fourth-order valence-corrected chi connectivity index (χ4v) is 1.93. The largest absolute Gasteiger partial charge is 0.497 e. The lowest BCUT2D eigenvalue weighted by Crippen LogP contribution is -2.14. The molecule has 0 spiro atoms. The zero-order valence-corrected chi connectivity index (χ0v) is 11.0. The zero-order valence-electron chi connectivity index (χ0n) is 10.2. The average molecular weight is 279 g/mol.